The van der Waals surface area contributed by atoms with E-state index in [0.29, 0.717) is 5.82 Å². The highest BCUT2D eigenvalue weighted by molar-refractivity contribution is 9.10. The summed E-state index contributed by atoms with van der Waals surface area (Å²) in [5.41, 5.74) is 0.858. The number of pyridine rings is 1. The molecule has 2 rings (SSSR count). The fraction of sp³-hybridized carbons (Fsp3) is 0.143. The number of halogens is 1. The minimum atomic E-state index is 0.586. The molecule has 0 amide bonds. The lowest BCUT2D eigenvalue weighted by Gasteiger charge is -1.92. The minimum absolute atomic E-state index is 0.586. The average molecular weight is 240 g/mol. The lowest BCUT2D eigenvalue weighted by atomic mass is 10.3. The molecule has 66 valence electrons. The van der Waals surface area contributed by atoms with E-state index in [1.54, 1.807) is 13.2 Å². The van der Waals surface area contributed by atoms with Crippen molar-refractivity contribution >= 4 is 15.9 Å². The summed E-state index contributed by atoms with van der Waals surface area (Å²) in [5, 5.41) is 11.6. The van der Waals surface area contributed by atoms with Gasteiger partial charge in [-0.05, 0) is 33.3 Å². The van der Waals surface area contributed by atoms with E-state index in [1.807, 2.05) is 12.1 Å². The van der Waals surface area contributed by atoms with Crippen LogP contribution in [0.15, 0.2) is 22.9 Å². The van der Waals surface area contributed by atoms with Crippen LogP contribution in [0.5, 0.6) is 0 Å². The number of rotatable bonds is 1. The first-order valence-electron chi connectivity index (χ1n) is 3.61. The van der Waals surface area contributed by atoms with Crippen molar-refractivity contribution in [2.45, 2.75) is 0 Å². The predicted molar refractivity (Wildman–Crippen MR) is 49.7 cm³/mol. The molecule has 0 spiro atoms. The zero-order valence-corrected chi connectivity index (χ0v) is 8.43. The molecule has 0 atom stereocenters. The van der Waals surface area contributed by atoms with Gasteiger partial charge < -0.3 is 0 Å². The Morgan fingerprint density at radius 1 is 1.38 bits per heavy atom. The van der Waals surface area contributed by atoms with Gasteiger partial charge in [-0.2, -0.15) is 4.80 Å². The molecule has 0 aliphatic heterocycles. The van der Waals surface area contributed by atoms with Gasteiger partial charge in [-0.1, -0.05) is 0 Å². The van der Waals surface area contributed by atoms with E-state index in [2.05, 4.69) is 36.3 Å². The summed E-state index contributed by atoms with van der Waals surface area (Å²) in [6.07, 6.45) is 1.70. The van der Waals surface area contributed by atoms with E-state index in [-0.39, 0.29) is 0 Å². The van der Waals surface area contributed by atoms with Crippen molar-refractivity contribution in [3.63, 3.8) is 0 Å². The quantitative estimate of drug-likeness (QED) is 0.698. The standard InChI is InChI=1S/C7H6BrN5/c1-13-11-7(10-12-13)5-2-3-6(8)9-4-5/h2-4H,1H3. The maximum atomic E-state index is 4.06. The smallest absolute Gasteiger partial charge is 0.206 e. The Bertz CT molecular complexity index is 407. The molecule has 0 saturated heterocycles. The number of aryl methyl sites for hydroxylation is 1. The number of hydrogen-bond donors (Lipinski definition) is 0. The van der Waals surface area contributed by atoms with Crippen molar-refractivity contribution in [1.29, 1.82) is 0 Å². The molecule has 0 N–H and O–H groups in total. The van der Waals surface area contributed by atoms with Crippen LogP contribution in [0.1, 0.15) is 0 Å². The molecular weight excluding hydrogens is 234 g/mol. The maximum Gasteiger partial charge on any atom is 0.206 e. The third-order valence-corrected chi connectivity index (χ3v) is 1.96. The van der Waals surface area contributed by atoms with Crippen LogP contribution in [0, 0.1) is 0 Å². The monoisotopic (exact) mass is 239 g/mol. The SMILES string of the molecule is Cn1nnc(-c2ccc(Br)nc2)n1. The van der Waals surface area contributed by atoms with Gasteiger partial charge in [-0.25, -0.2) is 4.98 Å². The van der Waals surface area contributed by atoms with E-state index in [1.165, 1.54) is 4.80 Å². The van der Waals surface area contributed by atoms with Gasteiger partial charge in [0, 0.05) is 11.8 Å². The third kappa shape index (κ3) is 1.72. The van der Waals surface area contributed by atoms with Crippen molar-refractivity contribution in [2.24, 2.45) is 7.05 Å². The molecule has 6 heteroatoms. The lowest BCUT2D eigenvalue weighted by Crippen LogP contribution is -1.91. The van der Waals surface area contributed by atoms with Gasteiger partial charge >= 0.3 is 0 Å². The van der Waals surface area contributed by atoms with E-state index >= 15 is 0 Å². The lowest BCUT2D eigenvalue weighted by molar-refractivity contribution is 0.630. The van der Waals surface area contributed by atoms with Crippen LogP contribution < -0.4 is 0 Å². The van der Waals surface area contributed by atoms with Gasteiger partial charge in [0.15, 0.2) is 0 Å². The second-order valence-corrected chi connectivity index (χ2v) is 3.28. The Kier molecular flexibility index (Phi) is 2.05. The summed E-state index contributed by atoms with van der Waals surface area (Å²) in [6, 6.07) is 3.72. The van der Waals surface area contributed by atoms with E-state index in [9.17, 15) is 0 Å². The van der Waals surface area contributed by atoms with Crippen LogP contribution in [0.4, 0.5) is 0 Å². The van der Waals surface area contributed by atoms with Crippen LogP contribution in [-0.2, 0) is 7.05 Å². The predicted octanol–water partition coefficient (Wildman–Crippen LogP) is 1.03. The molecule has 0 saturated carbocycles. The minimum Gasteiger partial charge on any atom is -0.249 e. The molecule has 2 aromatic heterocycles. The third-order valence-electron chi connectivity index (χ3n) is 1.49. The molecule has 13 heavy (non-hydrogen) atoms. The zero-order valence-electron chi connectivity index (χ0n) is 6.85. The first-order valence-corrected chi connectivity index (χ1v) is 4.41. The number of hydrogen-bond acceptors (Lipinski definition) is 4. The van der Waals surface area contributed by atoms with Crippen LogP contribution in [0.25, 0.3) is 11.4 Å². The van der Waals surface area contributed by atoms with Crippen molar-refractivity contribution in [3.05, 3.63) is 22.9 Å². The van der Waals surface area contributed by atoms with Crippen molar-refractivity contribution in [3.8, 4) is 11.4 Å². The van der Waals surface area contributed by atoms with Gasteiger partial charge in [-0.3, -0.25) is 0 Å². The molecule has 2 heterocycles. The van der Waals surface area contributed by atoms with Gasteiger partial charge in [0.1, 0.15) is 4.60 Å². The Hall–Kier alpha value is -1.30. The summed E-state index contributed by atoms with van der Waals surface area (Å²) >= 11 is 3.25. The van der Waals surface area contributed by atoms with E-state index in [0.717, 1.165) is 10.2 Å². The summed E-state index contributed by atoms with van der Waals surface area (Å²) in [7, 11) is 1.72. The van der Waals surface area contributed by atoms with Crippen molar-refractivity contribution < 1.29 is 0 Å². The zero-order chi connectivity index (χ0) is 9.26. The van der Waals surface area contributed by atoms with Crippen molar-refractivity contribution in [1.82, 2.24) is 25.2 Å². The molecule has 2 aromatic rings. The Labute approximate surface area is 82.9 Å². The van der Waals surface area contributed by atoms with E-state index < -0.39 is 0 Å². The molecule has 0 radical (unpaired) electrons. The van der Waals surface area contributed by atoms with Crippen LogP contribution in [-0.4, -0.2) is 25.2 Å². The van der Waals surface area contributed by atoms with Gasteiger partial charge in [0.05, 0.1) is 7.05 Å². The molecule has 0 aromatic carbocycles. The Balaban J connectivity index is 2.41. The highest BCUT2D eigenvalue weighted by Gasteiger charge is 2.03. The largest absolute Gasteiger partial charge is 0.249 e. The first kappa shape index (κ1) is 8.31. The topological polar surface area (TPSA) is 56.5 Å². The Morgan fingerprint density at radius 2 is 2.23 bits per heavy atom. The molecule has 0 fully saturated rings. The number of tetrazole rings is 1. The number of aromatic nitrogens is 5. The molecule has 5 nitrogen and oxygen atoms in total. The maximum absolute atomic E-state index is 4.06. The van der Waals surface area contributed by atoms with Crippen LogP contribution >= 0.6 is 15.9 Å². The van der Waals surface area contributed by atoms with Crippen LogP contribution in [0.2, 0.25) is 0 Å². The molecule has 0 unspecified atom stereocenters. The summed E-state index contributed by atoms with van der Waals surface area (Å²) in [4.78, 5) is 5.48. The normalized spacial score (nSPS) is 10.3. The summed E-state index contributed by atoms with van der Waals surface area (Å²) in [6.45, 7) is 0. The Morgan fingerprint density at radius 3 is 2.77 bits per heavy atom. The number of nitrogens with zero attached hydrogens (tertiary/aromatic N) is 5. The second kappa shape index (κ2) is 3.21. The fourth-order valence-corrected chi connectivity index (χ4v) is 1.14. The van der Waals surface area contributed by atoms with E-state index in [4.69, 9.17) is 0 Å². The highest BCUT2D eigenvalue weighted by Crippen LogP contribution is 2.14. The second-order valence-electron chi connectivity index (χ2n) is 2.47. The van der Waals surface area contributed by atoms with Crippen molar-refractivity contribution in [2.75, 3.05) is 0 Å². The average Bonchev–Trinajstić information content (AvgIpc) is 2.53. The fourth-order valence-electron chi connectivity index (χ4n) is 0.908. The summed E-state index contributed by atoms with van der Waals surface area (Å²) in [5.74, 6) is 0.586. The van der Waals surface area contributed by atoms with Gasteiger partial charge in [0.2, 0.25) is 5.82 Å². The molecule has 0 aliphatic rings. The van der Waals surface area contributed by atoms with Crippen LogP contribution in [0.3, 0.4) is 0 Å². The molecule has 0 aliphatic carbocycles. The molecule has 0 bridgehead atoms. The summed E-state index contributed by atoms with van der Waals surface area (Å²) < 4.78 is 0.792. The first-order chi connectivity index (χ1) is 6.25. The van der Waals surface area contributed by atoms with Gasteiger partial charge in [0.25, 0.3) is 0 Å². The highest BCUT2D eigenvalue weighted by atomic mass is 79.9. The van der Waals surface area contributed by atoms with Gasteiger partial charge in [-0.15, -0.1) is 10.2 Å². The molecular formula is C7H6BrN5.